The Hall–Kier alpha value is -2.02. The average molecular weight is 304 g/mol. The van der Waals surface area contributed by atoms with Gasteiger partial charge in [0, 0.05) is 6.07 Å². The lowest BCUT2D eigenvalue weighted by Crippen LogP contribution is -1.90. The number of aromatic nitrogens is 4. The molecule has 1 atom stereocenters. The van der Waals surface area contributed by atoms with Crippen LogP contribution in [0.5, 0.6) is 5.75 Å². The first-order chi connectivity index (χ1) is 10.2. The van der Waals surface area contributed by atoms with Crippen LogP contribution in [0, 0.1) is 6.92 Å². The summed E-state index contributed by atoms with van der Waals surface area (Å²) >= 11 is 1.55. The smallest absolute Gasteiger partial charge is 0.239 e. The molecule has 1 N–H and O–H groups in total. The number of hydrogen-bond donors (Lipinski definition) is 1. The van der Waals surface area contributed by atoms with Crippen LogP contribution in [0.3, 0.4) is 0 Å². The maximum absolute atomic E-state index is 5.49. The standard InChI is InChI=1S/C14H16N4O2S/c1-4-19-10-5-6-11-12(7-10)17-14(16-11)21-8(2)13-15-9(3)18-20-13/h5-8H,4H2,1-3H3,(H,16,17). The normalized spacial score (nSPS) is 12.7. The van der Waals surface area contributed by atoms with Gasteiger partial charge in [0.1, 0.15) is 5.75 Å². The molecule has 7 heteroatoms. The van der Waals surface area contributed by atoms with E-state index in [1.54, 1.807) is 18.7 Å². The highest BCUT2D eigenvalue weighted by molar-refractivity contribution is 7.99. The van der Waals surface area contributed by atoms with Gasteiger partial charge in [-0.15, -0.1) is 0 Å². The second-order valence-electron chi connectivity index (χ2n) is 4.59. The second kappa shape index (κ2) is 5.77. The van der Waals surface area contributed by atoms with E-state index < -0.39 is 0 Å². The fourth-order valence-corrected chi connectivity index (χ4v) is 2.83. The van der Waals surface area contributed by atoms with Gasteiger partial charge in [-0.05, 0) is 32.9 Å². The highest BCUT2D eigenvalue weighted by Gasteiger charge is 2.16. The first-order valence-electron chi connectivity index (χ1n) is 6.75. The number of rotatable bonds is 5. The van der Waals surface area contributed by atoms with Gasteiger partial charge < -0.3 is 14.2 Å². The Morgan fingerprint density at radius 3 is 2.95 bits per heavy atom. The Morgan fingerprint density at radius 2 is 2.24 bits per heavy atom. The van der Waals surface area contributed by atoms with Gasteiger partial charge in [0.05, 0.1) is 22.9 Å². The predicted octanol–water partition coefficient (Wildman–Crippen LogP) is 3.51. The molecule has 2 aromatic heterocycles. The van der Waals surface area contributed by atoms with Crippen LogP contribution in [0.1, 0.15) is 30.8 Å². The number of imidazole rings is 1. The van der Waals surface area contributed by atoms with Crippen LogP contribution >= 0.6 is 11.8 Å². The van der Waals surface area contributed by atoms with Crippen molar-refractivity contribution >= 4 is 22.8 Å². The number of nitrogens with one attached hydrogen (secondary N) is 1. The number of H-pyrrole nitrogens is 1. The molecule has 1 aromatic carbocycles. The molecule has 0 bridgehead atoms. The molecule has 1 unspecified atom stereocenters. The molecule has 6 nitrogen and oxygen atoms in total. The van der Waals surface area contributed by atoms with E-state index in [0.717, 1.165) is 21.9 Å². The summed E-state index contributed by atoms with van der Waals surface area (Å²) in [5, 5.41) is 4.67. The molecule has 0 radical (unpaired) electrons. The van der Waals surface area contributed by atoms with E-state index in [9.17, 15) is 0 Å². The molecule has 0 aliphatic carbocycles. The van der Waals surface area contributed by atoms with Crippen LogP contribution in [0.4, 0.5) is 0 Å². The minimum atomic E-state index is 0.0399. The molecule has 0 saturated heterocycles. The predicted molar refractivity (Wildman–Crippen MR) is 80.6 cm³/mol. The third-order valence-electron chi connectivity index (χ3n) is 2.92. The molecule has 0 fully saturated rings. The molecule has 3 aromatic rings. The van der Waals surface area contributed by atoms with E-state index in [-0.39, 0.29) is 5.25 Å². The van der Waals surface area contributed by atoms with Gasteiger partial charge in [-0.3, -0.25) is 0 Å². The number of ether oxygens (including phenoxy) is 1. The van der Waals surface area contributed by atoms with Gasteiger partial charge in [-0.2, -0.15) is 4.98 Å². The summed E-state index contributed by atoms with van der Waals surface area (Å²) in [4.78, 5) is 12.1. The molecule has 0 aliphatic heterocycles. The average Bonchev–Trinajstić information content (AvgIpc) is 3.04. The van der Waals surface area contributed by atoms with Crippen molar-refractivity contribution in [1.29, 1.82) is 0 Å². The molecule has 2 heterocycles. The van der Waals surface area contributed by atoms with Crippen molar-refractivity contribution in [2.24, 2.45) is 0 Å². The second-order valence-corrected chi connectivity index (χ2v) is 5.92. The van der Waals surface area contributed by atoms with Gasteiger partial charge >= 0.3 is 0 Å². The van der Waals surface area contributed by atoms with Crippen LogP contribution in [-0.4, -0.2) is 26.7 Å². The van der Waals surface area contributed by atoms with Gasteiger partial charge in [0.15, 0.2) is 11.0 Å². The third-order valence-corrected chi connectivity index (χ3v) is 3.89. The molecule has 0 amide bonds. The van der Waals surface area contributed by atoms with E-state index in [2.05, 4.69) is 20.1 Å². The van der Waals surface area contributed by atoms with Crippen molar-refractivity contribution in [2.75, 3.05) is 6.61 Å². The lowest BCUT2D eigenvalue weighted by atomic mass is 10.3. The summed E-state index contributed by atoms with van der Waals surface area (Å²) in [6.07, 6.45) is 0. The van der Waals surface area contributed by atoms with Gasteiger partial charge in [0.2, 0.25) is 5.89 Å². The zero-order valence-corrected chi connectivity index (χ0v) is 12.9. The summed E-state index contributed by atoms with van der Waals surface area (Å²) in [7, 11) is 0. The van der Waals surface area contributed by atoms with E-state index in [4.69, 9.17) is 9.26 Å². The number of benzene rings is 1. The Morgan fingerprint density at radius 1 is 1.38 bits per heavy atom. The fraction of sp³-hybridized carbons (Fsp3) is 0.357. The number of thioether (sulfide) groups is 1. The van der Waals surface area contributed by atoms with Gasteiger partial charge in [-0.1, -0.05) is 16.9 Å². The first kappa shape index (κ1) is 13.9. The lowest BCUT2D eigenvalue weighted by molar-refractivity contribution is 0.340. The summed E-state index contributed by atoms with van der Waals surface area (Å²) in [6.45, 7) is 6.43. The lowest BCUT2D eigenvalue weighted by Gasteiger charge is -2.02. The topological polar surface area (TPSA) is 76.8 Å². The van der Waals surface area contributed by atoms with Crippen molar-refractivity contribution in [2.45, 2.75) is 31.2 Å². The van der Waals surface area contributed by atoms with Crippen molar-refractivity contribution in [3.05, 3.63) is 29.9 Å². The van der Waals surface area contributed by atoms with Crippen LogP contribution < -0.4 is 4.74 Å². The number of aryl methyl sites for hydroxylation is 1. The van der Waals surface area contributed by atoms with Gasteiger partial charge in [-0.25, -0.2) is 4.98 Å². The molecule has 110 valence electrons. The Labute approximate surface area is 126 Å². The summed E-state index contributed by atoms with van der Waals surface area (Å²) < 4.78 is 10.7. The summed E-state index contributed by atoms with van der Waals surface area (Å²) in [5.74, 6) is 2.09. The van der Waals surface area contributed by atoms with E-state index in [1.165, 1.54) is 0 Å². The van der Waals surface area contributed by atoms with Crippen LogP contribution in [0.15, 0.2) is 27.9 Å². The van der Waals surface area contributed by atoms with E-state index in [0.29, 0.717) is 18.3 Å². The number of aromatic amines is 1. The number of fused-ring (bicyclic) bond motifs is 1. The summed E-state index contributed by atoms with van der Waals surface area (Å²) in [6, 6.07) is 5.83. The summed E-state index contributed by atoms with van der Waals surface area (Å²) in [5.41, 5.74) is 1.87. The minimum absolute atomic E-state index is 0.0399. The number of nitrogens with zero attached hydrogens (tertiary/aromatic N) is 3. The Bertz CT molecular complexity index is 752. The molecule has 0 saturated carbocycles. The largest absolute Gasteiger partial charge is 0.494 e. The molecule has 21 heavy (non-hydrogen) atoms. The first-order valence-corrected chi connectivity index (χ1v) is 7.63. The van der Waals surface area contributed by atoms with Crippen molar-refractivity contribution in [3.63, 3.8) is 0 Å². The highest BCUT2D eigenvalue weighted by atomic mass is 32.2. The molecular weight excluding hydrogens is 288 g/mol. The molecule has 3 rings (SSSR count). The van der Waals surface area contributed by atoms with Crippen molar-refractivity contribution < 1.29 is 9.26 Å². The van der Waals surface area contributed by atoms with Crippen LogP contribution in [-0.2, 0) is 0 Å². The zero-order valence-electron chi connectivity index (χ0n) is 12.1. The molecular formula is C14H16N4O2S. The Balaban J connectivity index is 1.80. The minimum Gasteiger partial charge on any atom is -0.494 e. The molecule has 0 spiro atoms. The van der Waals surface area contributed by atoms with Gasteiger partial charge in [0.25, 0.3) is 0 Å². The van der Waals surface area contributed by atoms with Crippen molar-refractivity contribution in [1.82, 2.24) is 20.1 Å². The Kier molecular flexibility index (Phi) is 3.83. The highest BCUT2D eigenvalue weighted by Crippen LogP contribution is 2.33. The zero-order chi connectivity index (χ0) is 14.8. The quantitative estimate of drug-likeness (QED) is 0.727. The maximum Gasteiger partial charge on any atom is 0.239 e. The van der Waals surface area contributed by atoms with E-state index >= 15 is 0 Å². The van der Waals surface area contributed by atoms with E-state index in [1.807, 2.05) is 32.0 Å². The maximum atomic E-state index is 5.49. The van der Waals surface area contributed by atoms with Crippen LogP contribution in [0.25, 0.3) is 11.0 Å². The SMILES string of the molecule is CCOc1ccc2nc(SC(C)c3nc(C)no3)[nH]c2c1. The number of hydrogen-bond acceptors (Lipinski definition) is 6. The van der Waals surface area contributed by atoms with Crippen molar-refractivity contribution in [3.8, 4) is 5.75 Å². The molecule has 0 aliphatic rings. The third kappa shape index (κ3) is 3.02. The van der Waals surface area contributed by atoms with Crippen LogP contribution in [0.2, 0.25) is 0 Å². The monoisotopic (exact) mass is 304 g/mol. The fourth-order valence-electron chi connectivity index (χ4n) is 1.97.